The molecule has 0 saturated carbocycles. The number of amides is 1. The van der Waals surface area contributed by atoms with Crippen LogP contribution < -0.4 is 10.6 Å². The number of para-hydroxylation sites is 1. The first-order valence-corrected chi connectivity index (χ1v) is 6.57. The molecule has 4 heteroatoms. The van der Waals surface area contributed by atoms with Crippen molar-refractivity contribution in [1.29, 1.82) is 0 Å². The van der Waals surface area contributed by atoms with Gasteiger partial charge >= 0.3 is 0 Å². The Kier molecular flexibility index (Phi) is 3.06. The fourth-order valence-electron chi connectivity index (χ4n) is 2.70. The van der Waals surface area contributed by atoms with E-state index in [0.717, 1.165) is 31.6 Å². The third-order valence-corrected chi connectivity index (χ3v) is 4.09. The molecule has 96 valence electrons. The lowest BCUT2D eigenvalue weighted by molar-refractivity contribution is -0.122. The van der Waals surface area contributed by atoms with Crippen molar-refractivity contribution in [2.75, 3.05) is 25.5 Å². The molecule has 1 aromatic carbocycles. The highest BCUT2D eigenvalue weighted by Gasteiger charge is 2.33. The number of hydrogen-bond donors (Lipinski definition) is 2. The van der Waals surface area contributed by atoms with E-state index in [9.17, 15) is 4.79 Å². The molecule has 1 fully saturated rings. The van der Waals surface area contributed by atoms with E-state index < -0.39 is 0 Å². The Hall–Kier alpha value is -1.39. The average molecular weight is 245 g/mol. The predicted octanol–water partition coefficient (Wildman–Crippen LogP) is 0.843. The maximum atomic E-state index is 12.3. The van der Waals surface area contributed by atoms with Gasteiger partial charge in [0.2, 0.25) is 5.91 Å². The first-order valence-electron chi connectivity index (χ1n) is 6.57. The van der Waals surface area contributed by atoms with Gasteiger partial charge < -0.3 is 10.6 Å². The monoisotopic (exact) mass is 245 g/mol. The summed E-state index contributed by atoms with van der Waals surface area (Å²) in [6.45, 7) is 1.99. The van der Waals surface area contributed by atoms with Gasteiger partial charge in [-0.1, -0.05) is 18.2 Å². The zero-order valence-electron chi connectivity index (χ0n) is 10.6. The van der Waals surface area contributed by atoms with Gasteiger partial charge in [0.15, 0.2) is 0 Å². The number of likely N-dealkylation sites (N-methyl/N-ethyl adjacent to an activating group) is 1. The van der Waals surface area contributed by atoms with Crippen LogP contribution in [-0.4, -0.2) is 43.0 Å². The maximum Gasteiger partial charge on any atom is 0.241 e. The Morgan fingerprint density at radius 2 is 2.06 bits per heavy atom. The maximum absolute atomic E-state index is 12.3. The van der Waals surface area contributed by atoms with Gasteiger partial charge in [-0.15, -0.1) is 0 Å². The Labute approximate surface area is 107 Å². The second-order valence-corrected chi connectivity index (χ2v) is 5.18. The highest BCUT2D eigenvalue weighted by Crippen LogP contribution is 2.24. The molecular formula is C14H19N3O. The minimum Gasteiger partial charge on any atom is -0.324 e. The Morgan fingerprint density at radius 1 is 1.28 bits per heavy atom. The van der Waals surface area contributed by atoms with Crippen LogP contribution in [0.3, 0.4) is 0 Å². The summed E-state index contributed by atoms with van der Waals surface area (Å²) in [5.41, 5.74) is 2.22. The van der Waals surface area contributed by atoms with Gasteiger partial charge in [0, 0.05) is 24.8 Å². The van der Waals surface area contributed by atoms with Crippen LogP contribution in [0.2, 0.25) is 0 Å². The number of fused-ring (bicyclic) bond motifs is 1. The minimum absolute atomic E-state index is 0.00972. The molecule has 2 aliphatic heterocycles. The van der Waals surface area contributed by atoms with Gasteiger partial charge in [-0.3, -0.25) is 9.69 Å². The second kappa shape index (κ2) is 4.71. The van der Waals surface area contributed by atoms with Crippen LogP contribution in [0.4, 0.5) is 5.69 Å². The lowest BCUT2D eigenvalue weighted by Crippen LogP contribution is -2.60. The van der Waals surface area contributed by atoms with E-state index >= 15 is 0 Å². The van der Waals surface area contributed by atoms with E-state index in [1.54, 1.807) is 0 Å². The smallest absolute Gasteiger partial charge is 0.241 e. The van der Waals surface area contributed by atoms with Gasteiger partial charge in [0.1, 0.15) is 0 Å². The number of carbonyl (C=O) groups is 1. The van der Waals surface area contributed by atoms with Gasteiger partial charge in [-0.2, -0.15) is 0 Å². The molecule has 0 spiro atoms. The fourth-order valence-corrected chi connectivity index (χ4v) is 2.70. The summed E-state index contributed by atoms with van der Waals surface area (Å²) in [6.07, 6.45) is 1.86. The molecule has 1 aromatic rings. The molecule has 4 nitrogen and oxygen atoms in total. The summed E-state index contributed by atoms with van der Waals surface area (Å²) in [5, 5.41) is 6.31. The van der Waals surface area contributed by atoms with Crippen molar-refractivity contribution >= 4 is 11.6 Å². The van der Waals surface area contributed by atoms with Crippen LogP contribution >= 0.6 is 0 Å². The molecule has 2 heterocycles. The normalized spacial score (nSPS) is 24.1. The number of aryl methyl sites for hydroxylation is 1. The van der Waals surface area contributed by atoms with E-state index in [-0.39, 0.29) is 11.9 Å². The molecule has 0 aromatic heterocycles. The topological polar surface area (TPSA) is 44.4 Å². The van der Waals surface area contributed by atoms with Crippen LogP contribution in [-0.2, 0) is 11.2 Å². The summed E-state index contributed by atoms with van der Waals surface area (Å²) >= 11 is 0. The van der Waals surface area contributed by atoms with Crippen LogP contribution in [0.15, 0.2) is 24.3 Å². The van der Waals surface area contributed by atoms with E-state index in [1.165, 1.54) is 5.56 Å². The third-order valence-electron chi connectivity index (χ3n) is 4.09. The van der Waals surface area contributed by atoms with Crippen molar-refractivity contribution < 1.29 is 4.79 Å². The molecule has 1 unspecified atom stereocenters. The lowest BCUT2D eigenvalue weighted by atomic mass is 10.0. The van der Waals surface area contributed by atoms with Crippen molar-refractivity contribution in [3.63, 3.8) is 0 Å². The standard InChI is InChI=1S/C14H19N3O/c1-17(11-8-15-9-11)13-7-6-10-4-2-3-5-12(10)16-14(13)18/h2-5,11,13,15H,6-9H2,1H3,(H,16,18). The zero-order chi connectivity index (χ0) is 12.5. The zero-order valence-corrected chi connectivity index (χ0v) is 10.6. The number of carbonyl (C=O) groups excluding carboxylic acids is 1. The van der Waals surface area contributed by atoms with Crippen molar-refractivity contribution in [2.45, 2.75) is 24.9 Å². The predicted molar refractivity (Wildman–Crippen MR) is 71.6 cm³/mol. The SMILES string of the molecule is CN(C1CNC1)C1CCc2ccccc2NC1=O. The molecule has 3 rings (SSSR count). The number of nitrogens with zero attached hydrogens (tertiary/aromatic N) is 1. The molecule has 1 saturated heterocycles. The number of hydrogen-bond acceptors (Lipinski definition) is 3. The average Bonchev–Trinajstić information content (AvgIpc) is 2.44. The van der Waals surface area contributed by atoms with E-state index in [4.69, 9.17) is 0 Å². The first-order chi connectivity index (χ1) is 8.75. The van der Waals surface area contributed by atoms with Crippen molar-refractivity contribution in [3.05, 3.63) is 29.8 Å². The second-order valence-electron chi connectivity index (χ2n) is 5.18. The minimum atomic E-state index is -0.00972. The molecule has 18 heavy (non-hydrogen) atoms. The summed E-state index contributed by atoms with van der Waals surface area (Å²) in [5.74, 6) is 0.134. The van der Waals surface area contributed by atoms with Crippen molar-refractivity contribution in [1.82, 2.24) is 10.2 Å². The first kappa shape index (κ1) is 11.7. The van der Waals surface area contributed by atoms with Crippen molar-refractivity contribution in [3.8, 4) is 0 Å². The third kappa shape index (κ3) is 2.02. The van der Waals surface area contributed by atoms with Crippen LogP contribution in [0.1, 0.15) is 12.0 Å². The molecule has 2 aliphatic rings. The van der Waals surface area contributed by atoms with Gasteiger partial charge in [-0.25, -0.2) is 0 Å². The largest absolute Gasteiger partial charge is 0.324 e. The highest BCUT2D eigenvalue weighted by atomic mass is 16.2. The van der Waals surface area contributed by atoms with Crippen LogP contribution in [0.25, 0.3) is 0 Å². The molecule has 1 amide bonds. The molecule has 0 aliphatic carbocycles. The number of anilines is 1. The van der Waals surface area contributed by atoms with Crippen molar-refractivity contribution in [2.24, 2.45) is 0 Å². The van der Waals surface area contributed by atoms with E-state index in [0.29, 0.717) is 6.04 Å². The summed E-state index contributed by atoms with van der Waals surface area (Å²) < 4.78 is 0. The van der Waals surface area contributed by atoms with Gasteiger partial charge in [0.05, 0.1) is 6.04 Å². The molecule has 1 atom stereocenters. The Balaban J connectivity index is 1.78. The summed E-state index contributed by atoms with van der Waals surface area (Å²) in [6, 6.07) is 8.58. The highest BCUT2D eigenvalue weighted by molar-refractivity contribution is 5.96. The molecule has 2 N–H and O–H groups in total. The number of benzene rings is 1. The molecular weight excluding hydrogens is 226 g/mol. The molecule has 0 radical (unpaired) electrons. The van der Waals surface area contributed by atoms with Gasteiger partial charge in [0.25, 0.3) is 0 Å². The number of nitrogens with one attached hydrogen (secondary N) is 2. The summed E-state index contributed by atoms with van der Waals surface area (Å²) in [4.78, 5) is 14.5. The summed E-state index contributed by atoms with van der Waals surface area (Å²) in [7, 11) is 2.06. The molecule has 0 bridgehead atoms. The Bertz CT molecular complexity index is 456. The quantitative estimate of drug-likeness (QED) is 0.811. The fraction of sp³-hybridized carbons (Fsp3) is 0.500. The van der Waals surface area contributed by atoms with E-state index in [1.807, 2.05) is 18.2 Å². The lowest BCUT2D eigenvalue weighted by Gasteiger charge is -2.39. The van der Waals surface area contributed by atoms with E-state index in [2.05, 4.69) is 28.6 Å². The van der Waals surface area contributed by atoms with Gasteiger partial charge in [-0.05, 0) is 31.5 Å². The Morgan fingerprint density at radius 3 is 2.78 bits per heavy atom. The van der Waals surface area contributed by atoms with Crippen LogP contribution in [0.5, 0.6) is 0 Å². The van der Waals surface area contributed by atoms with Crippen LogP contribution in [0, 0.1) is 0 Å². The number of rotatable bonds is 2.